The van der Waals surface area contributed by atoms with E-state index in [1.54, 1.807) is 18.4 Å². The van der Waals surface area contributed by atoms with Crippen molar-refractivity contribution in [3.05, 3.63) is 4.88 Å². The van der Waals surface area contributed by atoms with Crippen molar-refractivity contribution >= 4 is 16.5 Å². The fourth-order valence-corrected chi connectivity index (χ4v) is 1.96. The third-order valence-electron chi connectivity index (χ3n) is 1.83. The Hall–Kier alpha value is -1.21. The van der Waals surface area contributed by atoms with Crippen molar-refractivity contribution < 1.29 is 4.74 Å². The van der Waals surface area contributed by atoms with E-state index in [0.29, 0.717) is 5.88 Å². The lowest BCUT2D eigenvalue weighted by atomic mass is 10.2. The van der Waals surface area contributed by atoms with Gasteiger partial charge in [0, 0.05) is 14.1 Å². The van der Waals surface area contributed by atoms with Crippen molar-refractivity contribution in [2.75, 3.05) is 26.1 Å². The Kier molecular flexibility index (Phi) is 3.37. The number of rotatable bonds is 3. The number of hydrogen-bond donors (Lipinski definition) is 0. The van der Waals surface area contributed by atoms with Gasteiger partial charge in [0.25, 0.3) is 0 Å². The van der Waals surface area contributed by atoms with Crippen molar-refractivity contribution in [3.63, 3.8) is 0 Å². The van der Waals surface area contributed by atoms with E-state index in [1.807, 2.05) is 25.9 Å². The molecule has 0 amide bonds. The Bertz CT molecular complexity index is 351. The number of methoxy groups -OCH3 is 1. The average Bonchev–Trinajstić information content (AvgIpc) is 2.60. The van der Waals surface area contributed by atoms with Gasteiger partial charge in [0.15, 0.2) is 5.13 Å². The van der Waals surface area contributed by atoms with Crippen molar-refractivity contribution in [1.29, 1.82) is 0 Å². The summed E-state index contributed by atoms with van der Waals surface area (Å²) in [5.41, 5.74) is 0. The van der Waals surface area contributed by atoms with Gasteiger partial charge in [-0.05, 0) is 6.92 Å². The summed E-state index contributed by atoms with van der Waals surface area (Å²) in [5.74, 6) is 3.37. The Labute approximate surface area is 88.7 Å². The molecule has 1 aromatic rings. The van der Waals surface area contributed by atoms with Crippen LogP contribution < -0.4 is 9.64 Å². The summed E-state index contributed by atoms with van der Waals surface area (Å²) in [6.07, 6.45) is 5.37. The van der Waals surface area contributed by atoms with Gasteiger partial charge in [0.05, 0.1) is 17.9 Å². The number of hydrogen-bond acceptors (Lipinski definition) is 4. The van der Waals surface area contributed by atoms with Gasteiger partial charge in [0.2, 0.25) is 5.88 Å². The molecule has 0 saturated carbocycles. The maximum atomic E-state index is 5.37. The van der Waals surface area contributed by atoms with Crippen LogP contribution in [0.15, 0.2) is 0 Å². The first-order valence-corrected chi connectivity index (χ1v) is 5.10. The Morgan fingerprint density at radius 3 is 2.64 bits per heavy atom. The van der Waals surface area contributed by atoms with Crippen LogP contribution in [0.25, 0.3) is 0 Å². The molecule has 0 saturated heterocycles. The highest BCUT2D eigenvalue weighted by atomic mass is 32.1. The molecule has 1 atom stereocenters. The van der Waals surface area contributed by atoms with Crippen LogP contribution in [0.4, 0.5) is 5.13 Å². The molecular weight excluding hydrogens is 196 g/mol. The second kappa shape index (κ2) is 4.34. The molecule has 1 rings (SSSR count). The van der Waals surface area contributed by atoms with Crippen molar-refractivity contribution in [2.45, 2.75) is 12.8 Å². The third kappa shape index (κ3) is 1.99. The van der Waals surface area contributed by atoms with Crippen LogP contribution in [-0.4, -0.2) is 26.2 Å². The molecule has 76 valence electrons. The van der Waals surface area contributed by atoms with Gasteiger partial charge in [-0.1, -0.05) is 17.3 Å². The number of thiazole rings is 1. The van der Waals surface area contributed by atoms with E-state index < -0.39 is 0 Å². The molecule has 0 aromatic carbocycles. The minimum atomic E-state index is 0.0520. The topological polar surface area (TPSA) is 25.4 Å². The molecule has 0 bridgehead atoms. The second-order valence-electron chi connectivity index (χ2n) is 3.15. The number of ether oxygens (including phenoxy) is 1. The predicted octanol–water partition coefficient (Wildman–Crippen LogP) is 1.95. The summed E-state index contributed by atoms with van der Waals surface area (Å²) < 4.78 is 5.18. The van der Waals surface area contributed by atoms with Gasteiger partial charge in [-0.25, -0.2) is 0 Å². The number of anilines is 1. The van der Waals surface area contributed by atoms with E-state index in [-0.39, 0.29) is 5.92 Å². The smallest absolute Gasteiger partial charge is 0.230 e. The highest BCUT2D eigenvalue weighted by Gasteiger charge is 2.16. The minimum Gasteiger partial charge on any atom is -0.480 e. The standard InChI is InChI=1S/C10H14N2OS/c1-6-7(2)8-9(13-5)11-10(14-8)12(3)4/h1,7H,2-5H3. The Morgan fingerprint density at radius 1 is 1.57 bits per heavy atom. The van der Waals surface area contributed by atoms with Crippen LogP contribution in [-0.2, 0) is 0 Å². The first-order valence-electron chi connectivity index (χ1n) is 4.28. The lowest BCUT2D eigenvalue weighted by molar-refractivity contribution is 0.396. The van der Waals surface area contributed by atoms with E-state index in [0.717, 1.165) is 10.0 Å². The molecule has 1 unspecified atom stereocenters. The zero-order chi connectivity index (χ0) is 10.7. The lowest BCUT2D eigenvalue weighted by Gasteiger charge is -2.05. The van der Waals surface area contributed by atoms with E-state index in [2.05, 4.69) is 10.9 Å². The van der Waals surface area contributed by atoms with Gasteiger partial charge in [0.1, 0.15) is 0 Å². The fraction of sp³-hybridized carbons (Fsp3) is 0.500. The molecule has 1 heterocycles. The average molecular weight is 210 g/mol. The highest BCUT2D eigenvalue weighted by molar-refractivity contribution is 7.16. The van der Waals surface area contributed by atoms with E-state index in [4.69, 9.17) is 11.2 Å². The summed E-state index contributed by atoms with van der Waals surface area (Å²) >= 11 is 1.57. The number of aromatic nitrogens is 1. The summed E-state index contributed by atoms with van der Waals surface area (Å²) in [6, 6.07) is 0. The van der Waals surface area contributed by atoms with E-state index in [9.17, 15) is 0 Å². The summed E-state index contributed by atoms with van der Waals surface area (Å²) in [7, 11) is 5.51. The maximum absolute atomic E-state index is 5.37. The number of terminal acetylenes is 1. The van der Waals surface area contributed by atoms with Crippen LogP contribution in [0.1, 0.15) is 17.7 Å². The Morgan fingerprint density at radius 2 is 2.21 bits per heavy atom. The molecule has 0 fully saturated rings. The van der Waals surface area contributed by atoms with Gasteiger partial charge in [-0.15, -0.1) is 6.42 Å². The largest absolute Gasteiger partial charge is 0.480 e. The molecule has 0 spiro atoms. The summed E-state index contributed by atoms with van der Waals surface area (Å²) in [4.78, 5) is 7.28. The van der Waals surface area contributed by atoms with Gasteiger partial charge in [-0.2, -0.15) is 4.98 Å². The molecule has 4 heteroatoms. The highest BCUT2D eigenvalue weighted by Crippen LogP contribution is 2.35. The zero-order valence-electron chi connectivity index (χ0n) is 8.87. The molecular formula is C10H14N2OS. The molecule has 0 N–H and O–H groups in total. The molecule has 0 aliphatic carbocycles. The first kappa shape index (κ1) is 10.9. The summed E-state index contributed by atoms with van der Waals surface area (Å²) in [6.45, 7) is 1.97. The normalized spacial score (nSPS) is 11.9. The van der Waals surface area contributed by atoms with Crippen molar-refractivity contribution in [2.24, 2.45) is 0 Å². The SMILES string of the molecule is C#CC(C)c1sc(N(C)C)nc1OC. The molecule has 14 heavy (non-hydrogen) atoms. The summed E-state index contributed by atoms with van der Waals surface area (Å²) in [5, 5.41) is 0.916. The second-order valence-corrected chi connectivity index (χ2v) is 4.16. The molecule has 0 radical (unpaired) electrons. The van der Waals surface area contributed by atoms with Crippen LogP contribution >= 0.6 is 11.3 Å². The monoisotopic (exact) mass is 210 g/mol. The van der Waals surface area contributed by atoms with Crippen LogP contribution in [0, 0.1) is 12.3 Å². The van der Waals surface area contributed by atoms with Crippen molar-refractivity contribution in [1.82, 2.24) is 4.98 Å². The van der Waals surface area contributed by atoms with Crippen LogP contribution in [0.3, 0.4) is 0 Å². The van der Waals surface area contributed by atoms with E-state index in [1.165, 1.54) is 0 Å². The fourth-order valence-electron chi connectivity index (χ4n) is 0.994. The quantitative estimate of drug-likeness (QED) is 0.713. The Balaban J connectivity index is 3.10. The van der Waals surface area contributed by atoms with Crippen molar-refractivity contribution in [3.8, 4) is 18.2 Å². The molecule has 0 aliphatic rings. The van der Waals surface area contributed by atoms with Gasteiger partial charge >= 0.3 is 0 Å². The molecule has 3 nitrogen and oxygen atoms in total. The first-order chi connectivity index (χ1) is 6.60. The predicted molar refractivity (Wildman–Crippen MR) is 60.2 cm³/mol. The molecule has 0 aliphatic heterocycles. The maximum Gasteiger partial charge on any atom is 0.230 e. The zero-order valence-corrected chi connectivity index (χ0v) is 9.68. The third-order valence-corrected chi connectivity index (χ3v) is 3.22. The number of nitrogens with zero attached hydrogens (tertiary/aromatic N) is 2. The van der Waals surface area contributed by atoms with Crippen LogP contribution in [0.2, 0.25) is 0 Å². The minimum absolute atomic E-state index is 0.0520. The van der Waals surface area contributed by atoms with E-state index >= 15 is 0 Å². The van der Waals surface area contributed by atoms with Gasteiger partial charge < -0.3 is 9.64 Å². The lowest BCUT2D eigenvalue weighted by Crippen LogP contribution is -2.07. The molecule has 1 aromatic heterocycles. The van der Waals surface area contributed by atoms with Crippen LogP contribution in [0.5, 0.6) is 5.88 Å². The van der Waals surface area contributed by atoms with Gasteiger partial charge in [-0.3, -0.25) is 0 Å².